The van der Waals surface area contributed by atoms with Crippen LogP contribution in [0.25, 0.3) is 0 Å². The molecular formula is C27H36N6O7S. The van der Waals surface area contributed by atoms with E-state index in [0.29, 0.717) is 17.5 Å². The monoisotopic (exact) mass is 588 g/mol. The first-order chi connectivity index (χ1) is 19.2. The number of primary amides is 1. The van der Waals surface area contributed by atoms with Crippen molar-refractivity contribution >= 4 is 39.5 Å². The van der Waals surface area contributed by atoms with Gasteiger partial charge < -0.3 is 27.2 Å². The predicted molar refractivity (Wildman–Crippen MR) is 152 cm³/mol. The largest absolute Gasteiger partial charge is 0.478 e. The summed E-state index contributed by atoms with van der Waals surface area (Å²) in [5.41, 5.74) is 12.1. The Morgan fingerprint density at radius 2 is 1.63 bits per heavy atom. The number of nitrogens with two attached hydrogens (primary N) is 2. The van der Waals surface area contributed by atoms with Crippen LogP contribution in [0.1, 0.15) is 60.2 Å². The molecule has 0 aliphatic rings. The zero-order valence-electron chi connectivity index (χ0n) is 22.8. The number of aromatic carboxylic acids is 1. The van der Waals surface area contributed by atoms with Gasteiger partial charge in [-0.25, -0.2) is 17.9 Å². The standard InChI is InChI=1S/C27H36N6O7S/c1-3-16(2)23(33-41(39,40)15-18-5-4-6-20(13-18)27(37)38)26(36)32-21(11-12-22(28)34)25(35)31-14-17-7-9-19(10-8-17)24(29)30/h4-10,13,16,21,23,33H,3,11-12,14-15H2,1-2H3,(H2,28,34)(H3,29,30)(H,31,35)(H,32,36)(H,37,38)/t16?,21-,23+/m0/s1. The number of rotatable bonds is 16. The lowest BCUT2D eigenvalue weighted by atomic mass is 9.98. The fourth-order valence-electron chi connectivity index (χ4n) is 3.84. The number of amidine groups is 1. The van der Waals surface area contributed by atoms with Gasteiger partial charge in [0.1, 0.15) is 17.9 Å². The van der Waals surface area contributed by atoms with Crippen molar-refractivity contribution in [3.05, 3.63) is 70.8 Å². The van der Waals surface area contributed by atoms with E-state index in [1.54, 1.807) is 38.1 Å². The van der Waals surface area contributed by atoms with Crippen molar-refractivity contribution in [2.45, 2.75) is 57.5 Å². The molecule has 0 radical (unpaired) electrons. The summed E-state index contributed by atoms with van der Waals surface area (Å²) < 4.78 is 28.3. The molecule has 0 fully saturated rings. The number of carboxylic acid groups (broad SMARTS) is 1. The summed E-state index contributed by atoms with van der Waals surface area (Å²) in [5, 5.41) is 21.9. The van der Waals surface area contributed by atoms with Gasteiger partial charge in [0.05, 0.1) is 11.3 Å². The Labute approximate surface area is 238 Å². The van der Waals surface area contributed by atoms with Crippen LogP contribution in [0.4, 0.5) is 0 Å². The summed E-state index contributed by atoms with van der Waals surface area (Å²) in [6, 6.07) is 9.60. The maximum absolute atomic E-state index is 13.3. The van der Waals surface area contributed by atoms with Crippen LogP contribution in [0.2, 0.25) is 0 Å². The van der Waals surface area contributed by atoms with Gasteiger partial charge in [0.2, 0.25) is 27.7 Å². The number of carbonyl (C=O) groups excluding carboxylic acids is 3. The Hall–Kier alpha value is -4.30. The van der Waals surface area contributed by atoms with E-state index in [2.05, 4.69) is 15.4 Å². The van der Waals surface area contributed by atoms with E-state index in [-0.39, 0.29) is 36.3 Å². The Morgan fingerprint density at radius 1 is 0.976 bits per heavy atom. The number of amides is 3. The average molecular weight is 589 g/mol. The molecule has 13 nitrogen and oxygen atoms in total. The Balaban J connectivity index is 2.17. The van der Waals surface area contributed by atoms with Gasteiger partial charge in [-0.15, -0.1) is 0 Å². The first-order valence-electron chi connectivity index (χ1n) is 12.8. The molecule has 3 amide bonds. The second-order valence-corrected chi connectivity index (χ2v) is 11.4. The summed E-state index contributed by atoms with van der Waals surface area (Å²) in [6.45, 7) is 3.52. The van der Waals surface area contributed by atoms with Gasteiger partial charge >= 0.3 is 5.97 Å². The van der Waals surface area contributed by atoms with Gasteiger partial charge in [-0.2, -0.15) is 0 Å². The number of nitrogen functional groups attached to an aromatic ring is 1. The number of carboxylic acids is 1. The van der Waals surface area contributed by atoms with Crippen LogP contribution in [0, 0.1) is 11.3 Å². The zero-order valence-corrected chi connectivity index (χ0v) is 23.7. The SMILES string of the molecule is CCC(C)[C@@H](NS(=O)(=O)Cc1cccc(C(=O)O)c1)C(=O)N[C@@H](CCC(N)=O)C(=O)NCc1ccc(C(=N)N)cc1. The molecule has 0 saturated heterocycles. The maximum Gasteiger partial charge on any atom is 0.335 e. The Bertz CT molecular complexity index is 1380. The fourth-order valence-corrected chi connectivity index (χ4v) is 5.27. The average Bonchev–Trinajstić information content (AvgIpc) is 2.92. The molecule has 9 N–H and O–H groups in total. The molecule has 0 aliphatic heterocycles. The molecular weight excluding hydrogens is 552 g/mol. The molecule has 2 aromatic rings. The summed E-state index contributed by atoms with van der Waals surface area (Å²) >= 11 is 0. The van der Waals surface area contributed by atoms with Crippen molar-refractivity contribution < 1.29 is 32.7 Å². The Kier molecular flexibility index (Phi) is 12.0. The summed E-state index contributed by atoms with van der Waals surface area (Å²) in [6.07, 6.45) is 0.104. The summed E-state index contributed by atoms with van der Waals surface area (Å²) in [4.78, 5) is 49.0. The molecule has 2 aromatic carbocycles. The van der Waals surface area contributed by atoms with Crippen molar-refractivity contribution in [3.63, 3.8) is 0 Å². The van der Waals surface area contributed by atoms with Crippen LogP contribution in [0.15, 0.2) is 48.5 Å². The third-order valence-corrected chi connectivity index (χ3v) is 7.70. The van der Waals surface area contributed by atoms with Crippen LogP contribution < -0.4 is 26.8 Å². The smallest absolute Gasteiger partial charge is 0.335 e. The van der Waals surface area contributed by atoms with Crippen LogP contribution in [-0.2, 0) is 36.7 Å². The highest BCUT2D eigenvalue weighted by Gasteiger charge is 2.32. The number of hydrogen-bond acceptors (Lipinski definition) is 7. The van der Waals surface area contributed by atoms with Crippen molar-refractivity contribution in [1.82, 2.24) is 15.4 Å². The number of benzene rings is 2. The van der Waals surface area contributed by atoms with Crippen molar-refractivity contribution in [1.29, 1.82) is 5.41 Å². The minimum Gasteiger partial charge on any atom is -0.478 e. The molecule has 0 spiro atoms. The van der Waals surface area contributed by atoms with Crippen LogP contribution in [0.3, 0.4) is 0 Å². The number of sulfonamides is 1. The van der Waals surface area contributed by atoms with Gasteiger partial charge in [0.25, 0.3) is 0 Å². The maximum atomic E-state index is 13.3. The molecule has 0 saturated carbocycles. The molecule has 41 heavy (non-hydrogen) atoms. The molecule has 2 rings (SSSR count). The van der Waals surface area contributed by atoms with Crippen molar-refractivity contribution in [2.24, 2.45) is 17.4 Å². The minimum absolute atomic E-state index is 0.0768. The molecule has 14 heteroatoms. The van der Waals surface area contributed by atoms with E-state index in [0.717, 1.165) is 0 Å². The van der Waals surface area contributed by atoms with Crippen molar-refractivity contribution in [2.75, 3.05) is 0 Å². The van der Waals surface area contributed by atoms with Gasteiger partial charge in [-0.05, 0) is 35.6 Å². The third kappa shape index (κ3) is 10.7. The number of hydrogen-bond donors (Lipinski definition) is 7. The minimum atomic E-state index is -4.12. The van der Waals surface area contributed by atoms with Gasteiger partial charge in [-0.3, -0.25) is 19.8 Å². The molecule has 0 aromatic heterocycles. The second-order valence-electron chi connectivity index (χ2n) is 9.64. The van der Waals surface area contributed by atoms with E-state index in [1.807, 2.05) is 0 Å². The fraction of sp³-hybridized carbons (Fsp3) is 0.370. The molecule has 222 valence electrons. The molecule has 1 unspecified atom stereocenters. The number of carbonyl (C=O) groups is 4. The molecule has 3 atom stereocenters. The molecule has 0 heterocycles. The topological polar surface area (TPSA) is 235 Å². The van der Waals surface area contributed by atoms with Crippen molar-refractivity contribution in [3.8, 4) is 0 Å². The van der Waals surface area contributed by atoms with Gasteiger partial charge in [0.15, 0.2) is 0 Å². The highest BCUT2D eigenvalue weighted by Crippen LogP contribution is 2.14. The summed E-state index contributed by atoms with van der Waals surface area (Å²) in [5.74, 6) is -4.40. The quantitative estimate of drug-likeness (QED) is 0.108. The highest BCUT2D eigenvalue weighted by molar-refractivity contribution is 7.88. The number of nitrogens with one attached hydrogen (secondary N) is 4. The van der Waals surface area contributed by atoms with E-state index in [9.17, 15) is 32.7 Å². The van der Waals surface area contributed by atoms with Crippen LogP contribution in [0.5, 0.6) is 0 Å². The van der Waals surface area contributed by atoms with E-state index in [4.69, 9.17) is 16.9 Å². The molecule has 0 aliphatic carbocycles. The second kappa shape index (κ2) is 14.9. The Morgan fingerprint density at radius 3 is 2.20 bits per heavy atom. The highest BCUT2D eigenvalue weighted by atomic mass is 32.2. The van der Waals surface area contributed by atoms with E-state index < -0.39 is 57.5 Å². The van der Waals surface area contributed by atoms with Crippen LogP contribution in [-0.4, -0.2) is 55.1 Å². The lowest BCUT2D eigenvalue weighted by Gasteiger charge is -2.26. The lowest BCUT2D eigenvalue weighted by Crippen LogP contribution is -2.55. The van der Waals surface area contributed by atoms with Crippen LogP contribution >= 0.6 is 0 Å². The van der Waals surface area contributed by atoms with E-state index >= 15 is 0 Å². The first kappa shape index (κ1) is 32.9. The normalized spacial score (nSPS) is 13.4. The molecule has 0 bridgehead atoms. The lowest BCUT2D eigenvalue weighted by molar-refractivity contribution is -0.131. The summed E-state index contributed by atoms with van der Waals surface area (Å²) in [7, 11) is -4.12. The first-order valence-corrected chi connectivity index (χ1v) is 14.5. The van der Waals surface area contributed by atoms with Gasteiger partial charge in [-0.1, -0.05) is 56.7 Å². The van der Waals surface area contributed by atoms with E-state index in [1.165, 1.54) is 24.3 Å². The third-order valence-electron chi connectivity index (χ3n) is 6.38. The van der Waals surface area contributed by atoms with Gasteiger partial charge in [0, 0.05) is 18.5 Å². The predicted octanol–water partition coefficient (Wildman–Crippen LogP) is 0.570. The zero-order chi connectivity index (χ0) is 30.7.